The minimum Gasteiger partial charge on any atom is -0.490 e. The molecule has 0 unspecified atom stereocenters. The minimum absolute atomic E-state index is 0.172. The highest BCUT2D eigenvalue weighted by Gasteiger charge is 2.18. The van der Waals surface area contributed by atoms with Crippen molar-refractivity contribution in [1.29, 1.82) is 0 Å². The van der Waals surface area contributed by atoms with Crippen molar-refractivity contribution >= 4 is 17.5 Å². The van der Waals surface area contributed by atoms with E-state index >= 15 is 0 Å². The molecular weight excluding hydrogens is 375 g/mol. The highest BCUT2D eigenvalue weighted by atomic mass is 19.1. The lowest BCUT2D eigenvalue weighted by Gasteiger charge is -2.18. The molecule has 0 saturated carbocycles. The third-order valence-corrected chi connectivity index (χ3v) is 3.95. The van der Waals surface area contributed by atoms with Gasteiger partial charge in [-0.15, -0.1) is 0 Å². The first-order valence-corrected chi connectivity index (χ1v) is 9.65. The molecule has 0 bridgehead atoms. The zero-order chi connectivity index (χ0) is 21.2. The van der Waals surface area contributed by atoms with Crippen LogP contribution in [0.1, 0.15) is 37.0 Å². The summed E-state index contributed by atoms with van der Waals surface area (Å²) in [4.78, 5) is 26.2. The molecular formula is C22H27FN2O4. The molecule has 2 aromatic carbocycles. The normalized spacial score (nSPS) is 10.3. The van der Waals surface area contributed by atoms with Gasteiger partial charge in [0.2, 0.25) is 5.91 Å². The van der Waals surface area contributed by atoms with Crippen LogP contribution in [-0.4, -0.2) is 43.5 Å². The van der Waals surface area contributed by atoms with Crippen molar-refractivity contribution in [2.24, 2.45) is 0 Å². The van der Waals surface area contributed by atoms with Crippen LogP contribution in [0.25, 0.3) is 0 Å². The molecule has 2 aromatic rings. The predicted octanol–water partition coefficient (Wildman–Crippen LogP) is 4.11. The number of anilines is 1. The van der Waals surface area contributed by atoms with Gasteiger partial charge >= 0.3 is 0 Å². The number of benzene rings is 2. The number of carbonyl (C=O) groups excluding carboxylic acids is 2. The van der Waals surface area contributed by atoms with E-state index in [1.807, 2.05) is 13.8 Å². The van der Waals surface area contributed by atoms with Gasteiger partial charge in [-0.25, -0.2) is 4.39 Å². The summed E-state index contributed by atoms with van der Waals surface area (Å²) >= 11 is 0. The van der Waals surface area contributed by atoms with Crippen LogP contribution in [0.5, 0.6) is 11.5 Å². The second-order valence-corrected chi connectivity index (χ2v) is 6.58. The molecule has 0 saturated heterocycles. The van der Waals surface area contributed by atoms with E-state index in [0.29, 0.717) is 36.0 Å². The van der Waals surface area contributed by atoms with E-state index in [9.17, 15) is 14.0 Å². The van der Waals surface area contributed by atoms with Gasteiger partial charge in [-0.1, -0.05) is 19.9 Å². The average Bonchev–Trinajstić information content (AvgIpc) is 2.70. The maximum atomic E-state index is 13.2. The van der Waals surface area contributed by atoms with Crippen molar-refractivity contribution in [3.63, 3.8) is 0 Å². The first-order chi connectivity index (χ1) is 13.9. The number of carbonyl (C=O) groups is 2. The summed E-state index contributed by atoms with van der Waals surface area (Å²) in [7, 11) is 1.53. The zero-order valence-corrected chi connectivity index (χ0v) is 17.0. The van der Waals surface area contributed by atoms with Gasteiger partial charge in [0.05, 0.1) is 19.8 Å². The minimum atomic E-state index is -0.447. The lowest BCUT2D eigenvalue weighted by molar-refractivity contribution is -0.116. The third kappa shape index (κ3) is 6.78. The van der Waals surface area contributed by atoms with Crippen LogP contribution in [0.15, 0.2) is 42.5 Å². The molecule has 0 fully saturated rings. The highest BCUT2D eigenvalue weighted by Crippen LogP contribution is 2.29. The SMILES string of the molecule is CCCOc1ccc(C(=O)N(C)CC(=O)Nc2cccc(F)c2)cc1OCCC. The highest BCUT2D eigenvalue weighted by molar-refractivity contribution is 5.99. The second kappa shape index (κ2) is 11.0. The van der Waals surface area contributed by atoms with E-state index in [-0.39, 0.29) is 12.5 Å². The van der Waals surface area contributed by atoms with Crippen molar-refractivity contribution < 1.29 is 23.5 Å². The zero-order valence-electron chi connectivity index (χ0n) is 17.0. The number of ether oxygens (including phenoxy) is 2. The summed E-state index contributed by atoms with van der Waals surface area (Å²) in [5.74, 6) is -0.107. The van der Waals surface area contributed by atoms with E-state index in [4.69, 9.17) is 9.47 Å². The Hall–Kier alpha value is -3.09. The largest absolute Gasteiger partial charge is 0.490 e. The van der Waals surface area contributed by atoms with E-state index < -0.39 is 11.7 Å². The number of nitrogens with one attached hydrogen (secondary N) is 1. The van der Waals surface area contributed by atoms with Gasteiger partial charge in [-0.3, -0.25) is 9.59 Å². The predicted molar refractivity (Wildman–Crippen MR) is 110 cm³/mol. The molecule has 0 heterocycles. The molecule has 0 aliphatic rings. The third-order valence-electron chi connectivity index (χ3n) is 3.95. The molecule has 1 N–H and O–H groups in total. The maximum absolute atomic E-state index is 13.2. The van der Waals surface area contributed by atoms with Crippen molar-refractivity contribution in [2.75, 3.05) is 32.1 Å². The van der Waals surface area contributed by atoms with E-state index in [2.05, 4.69) is 5.32 Å². The number of amides is 2. The fourth-order valence-electron chi connectivity index (χ4n) is 2.57. The summed E-state index contributed by atoms with van der Waals surface area (Å²) in [5, 5.41) is 2.57. The summed E-state index contributed by atoms with van der Waals surface area (Å²) in [6.45, 7) is 4.89. The van der Waals surface area contributed by atoms with Crippen LogP contribution >= 0.6 is 0 Å². The Kier molecular flexibility index (Phi) is 8.45. The fraction of sp³-hybridized carbons (Fsp3) is 0.364. The number of hydrogen-bond acceptors (Lipinski definition) is 4. The fourth-order valence-corrected chi connectivity index (χ4v) is 2.57. The first-order valence-electron chi connectivity index (χ1n) is 9.65. The average molecular weight is 402 g/mol. The molecule has 7 heteroatoms. The molecule has 29 heavy (non-hydrogen) atoms. The number of rotatable bonds is 10. The lowest BCUT2D eigenvalue weighted by atomic mass is 10.1. The topological polar surface area (TPSA) is 67.9 Å². The molecule has 0 atom stereocenters. The van der Waals surface area contributed by atoms with E-state index in [1.165, 1.54) is 30.1 Å². The lowest BCUT2D eigenvalue weighted by Crippen LogP contribution is -2.35. The maximum Gasteiger partial charge on any atom is 0.254 e. The Morgan fingerprint density at radius 1 is 1.00 bits per heavy atom. The molecule has 2 rings (SSSR count). The van der Waals surface area contributed by atoms with Crippen LogP contribution < -0.4 is 14.8 Å². The Labute approximate surface area is 170 Å². The van der Waals surface area contributed by atoms with Crippen molar-refractivity contribution in [2.45, 2.75) is 26.7 Å². The molecule has 0 spiro atoms. The van der Waals surface area contributed by atoms with Crippen LogP contribution in [0.2, 0.25) is 0 Å². The summed E-state index contributed by atoms with van der Waals surface area (Å²) in [5.41, 5.74) is 0.726. The summed E-state index contributed by atoms with van der Waals surface area (Å²) in [6, 6.07) is 10.6. The van der Waals surface area contributed by atoms with Gasteiger partial charge in [0.25, 0.3) is 5.91 Å². The monoisotopic (exact) mass is 402 g/mol. The Morgan fingerprint density at radius 3 is 2.34 bits per heavy atom. The Morgan fingerprint density at radius 2 is 1.69 bits per heavy atom. The molecule has 156 valence electrons. The molecule has 0 aliphatic carbocycles. The standard InChI is InChI=1S/C22H27FN2O4/c1-4-11-28-19-10-9-16(13-20(19)29-12-5-2)22(27)25(3)15-21(26)24-18-8-6-7-17(23)14-18/h6-10,13-14H,4-5,11-12,15H2,1-3H3,(H,24,26). The van der Waals surface area contributed by atoms with Crippen LogP contribution in [0.3, 0.4) is 0 Å². The van der Waals surface area contributed by atoms with Crippen molar-refractivity contribution in [1.82, 2.24) is 4.90 Å². The van der Waals surface area contributed by atoms with Gasteiger partial charge in [-0.2, -0.15) is 0 Å². The molecule has 0 aliphatic heterocycles. The molecule has 6 nitrogen and oxygen atoms in total. The Bertz CT molecular complexity index is 841. The number of halogens is 1. The van der Waals surface area contributed by atoms with Crippen molar-refractivity contribution in [3.8, 4) is 11.5 Å². The van der Waals surface area contributed by atoms with Gasteiger partial charge in [0.15, 0.2) is 11.5 Å². The first kappa shape index (κ1) is 22.2. The smallest absolute Gasteiger partial charge is 0.254 e. The second-order valence-electron chi connectivity index (χ2n) is 6.58. The van der Waals surface area contributed by atoms with E-state index in [0.717, 1.165) is 12.8 Å². The quantitative estimate of drug-likeness (QED) is 0.649. The van der Waals surface area contributed by atoms with Gasteiger partial charge < -0.3 is 19.7 Å². The molecule has 0 radical (unpaired) electrons. The number of nitrogens with zero attached hydrogens (tertiary/aromatic N) is 1. The summed E-state index contributed by atoms with van der Waals surface area (Å²) < 4.78 is 24.6. The van der Waals surface area contributed by atoms with Gasteiger partial charge in [0.1, 0.15) is 5.82 Å². The molecule has 0 aromatic heterocycles. The Balaban J connectivity index is 2.05. The van der Waals surface area contributed by atoms with Gasteiger partial charge in [0, 0.05) is 18.3 Å². The molecule has 2 amide bonds. The van der Waals surface area contributed by atoms with Crippen LogP contribution in [0.4, 0.5) is 10.1 Å². The summed E-state index contributed by atoms with van der Waals surface area (Å²) in [6.07, 6.45) is 1.68. The van der Waals surface area contributed by atoms with Crippen LogP contribution in [-0.2, 0) is 4.79 Å². The van der Waals surface area contributed by atoms with E-state index in [1.54, 1.807) is 24.3 Å². The number of hydrogen-bond donors (Lipinski definition) is 1. The van der Waals surface area contributed by atoms with Gasteiger partial charge in [-0.05, 0) is 49.2 Å². The number of likely N-dealkylation sites (N-methyl/N-ethyl adjacent to an activating group) is 1. The van der Waals surface area contributed by atoms with Crippen LogP contribution in [0, 0.1) is 5.82 Å². The van der Waals surface area contributed by atoms with Crippen molar-refractivity contribution in [3.05, 3.63) is 53.8 Å².